The van der Waals surface area contributed by atoms with E-state index in [-0.39, 0.29) is 4.90 Å². The van der Waals surface area contributed by atoms with E-state index in [4.69, 9.17) is 5.21 Å². The largest absolute Gasteiger partial charge is 0.288 e. The monoisotopic (exact) mass is 358 g/mol. The predicted octanol–water partition coefficient (Wildman–Crippen LogP) is 1.63. The van der Waals surface area contributed by atoms with Crippen molar-refractivity contribution in [3.63, 3.8) is 0 Å². The van der Waals surface area contributed by atoms with Crippen LogP contribution in [0.5, 0.6) is 0 Å². The van der Waals surface area contributed by atoms with Crippen molar-refractivity contribution in [1.29, 1.82) is 0 Å². The summed E-state index contributed by atoms with van der Waals surface area (Å²) in [6.07, 6.45) is 8.52. The van der Waals surface area contributed by atoms with Crippen molar-refractivity contribution in [2.24, 2.45) is 0 Å². The van der Waals surface area contributed by atoms with Crippen LogP contribution in [-0.4, -0.2) is 33.7 Å². The van der Waals surface area contributed by atoms with Gasteiger partial charge in [0.15, 0.2) is 0 Å². The maximum absolute atomic E-state index is 12.8. The van der Waals surface area contributed by atoms with Gasteiger partial charge in [0.2, 0.25) is 0 Å². The van der Waals surface area contributed by atoms with Crippen molar-refractivity contribution >= 4 is 22.0 Å². The summed E-state index contributed by atoms with van der Waals surface area (Å²) >= 11 is 0. The summed E-state index contributed by atoms with van der Waals surface area (Å²) in [5.74, 6) is -0.705. The lowest BCUT2D eigenvalue weighted by atomic mass is 10.1. The van der Waals surface area contributed by atoms with Crippen molar-refractivity contribution in [2.45, 2.75) is 4.90 Å². The first kappa shape index (κ1) is 16.7. The molecule has 0 saturated heterocycles. The summed E-state index contributed by atoms with van der Waals surface area (Å²) < 4.78 is 26.6. The van der Waals surface area contributed by atoms with E-state index in [1.807, 2.05) is 0 Å². The molecule has 3 aromatic rings. The molecule has 1 aromatic carbocycles. The van der Waals surface area contributed by atoms with Crippen LogP contribution in [0.4, 0.5) is 0 Å². The Kier molecular flexibility index (Phi) is 4.50. The molecule has 25 heavy (non-hydrogen) atoms. The highest BCUT2D eigenvalue weighted by Gasteiger charge is 2.17. The van der Waals surface area contributed by atoms with E-state index < -0.39 is 15.9 Å². The van der Waals surface area contributed by atoms with Crippen molar-refractivity contribution in [2.75, 3.05) is 0 Å². The van der Waals surface area contributed by atoms with Crippen LogP contribution in [0.25, 0.3) is 17.2 Å². The van der Waals surface area contributed by atoms with Gasteiger partial charge < -0.3 is 0 Å². The normalized spacial score (nSPS) is 11.7. The number of amides is 1. The number of hydroxylamine groups is 1. The van der Waals surface area contributed by atoms with Crippen molar-refractivity contribution in [1.82, 2.24) is 19.6 Å². The maximum Gasteiger partial charge on any atom is 0.267 e. The lowest BCUT2D eigenvalue weighted by molar-refractivity contribution is -0.124. The Morgan fingerprint density at radius 2 is 2.12 bits per heavy atom. The van der Waals surface area contributed by atoms with Gasteiger partial charge in [0.25, 0.3) is 15.9 Å². The summed E-state index contributed by atoms with van der Waals surface area (Å²) in [5, 5.41) is 15.0. The summed E-state index contributed by atoms with van der Waals surface area (Å²) in [4.78, 5) is 11.1. The molecule has 0 atom stereocenters. The van der Waals surface area contributed by atoms with Gasteiger partial charge in [-0.3, -0.25) is 15.1 Å². The lowest BCUT2D eigenvalue weighted by Crippen LogP contribution is -2.14. The average molecular weight is 358 g/mol. The Morgan fingerprint density at radius 1 is 1.28 bits per heavy atom. The minimum Gasteiger partial charge on any atom is -0.288 e. The van der Waals surface area contributed by atoms with E-state index >= 15 is 0 Å². The van der Waals surface area contributed by atoms with Gasteiger partial charge in [0.1, 0.15) is 0 Å². The molecular weight excluding hydrogens is 344 g/mol. The standard InChI is InChI=1S/C16H14N4O4S/c21-16(19-22)5-4-12-6-7-20(11-12)25(23,24)15-3-1-2-13(8-15)14-9-17-18-10-14/h1-11,22H,(H,17,18)(H,19,21). The molecule has 2 heterocycles. The summed E-state index contributed by atoms with van der Waals surface area (Å²) in [7, 11) is -3.77. The molecule has 3 rings (SSSR count). The fraction of sp³-hybridized carbons (Fsp3) is 0. The second-order valence-corrected chi connectivity index (χ2v) is 6.95. The number of nitrogens with one attached hydrogen (secondary N) is 2. The Hall–Kier alpha value is -3.17. The maximum atomic E-state index is 12.8. The van der Waals surface area contributed by atoms with E-state index in [0.29, 0.717) is 5.56 Å². The van der Waals surface area contributed by atoms with Gasteiger partial charge in [0, 0.05) is 30.2 Å². The van der Waals surface area contributed by atoms with Gasteiger partial charge >= 0.3 is 0 Å². The summed E-state index contributed by atoms with van der Waals surface area (Å²) in [5.41, 5.74) is 3.46. The lowest BCUT2D eigenvalue weighted by Gasteiger charge is -2.07. The Bertz CT molecular complexity index is 1020. The predicted molar refractivity (Wildman–Crippen MR) is 90.0 cm³/mol. The van der Waals surface area contributed by atoms with E-state index in [0.717, 1.165) is 21.2 Å². The Morgan fingerprint density at radius 3 is 2.84 bits per heavy atom. The van der Waals surface area contributed by atoms with Gasteiger partial charge in [-0.2, -0.15) is 5.10 Å². The van der Waals surface area contributed by atoms with Crippen LogP contribution in [0.3, 0.4) is 0 Å². The molecule has 1 amide bonds. The third-order valence-electron chi connectivity index (χ3n) is 3.47. The van der Waals surface area contributed by atoms with Gasteiger partial charge in [0.05, 0.1) is 11.1 Å². The smallest absolute Gasteiger partial charge is 0.267 e. The van der Waals surface area contributed by atoms with Crippen molar-refractivity contribution < 1.29 is 18.4 Å². The molecule has 8 nitrogen and oxygen atoms in total. The highest BCUT2D eigenvalue weighted by atomic mass is 32.2. The van der Waals surface area contributed by atoms with Crippen molar-refractivity contribution in [3.8, 4) is 11.1 Å². The minimum absolute atomic E-state index is 0.130. The molecule has 2 aromatic heterocycles. The average Bonchev–Trinajstić information content (AvgIpc) is 3.31. The molecule has 0 unspecified atom stereocenters. The summed E-state index contributed by atoms with van der Waals surface area (Å²) in [6.45, 7) is 0. The fourth-order valence-corrected chi connectivity index (χ4v) is 3.47. The van der Waals surface area contributed by atoms with Crippen molar-refractivity contribution in [3.05, 3.63) is 66.8 Å². The number of H-pyrrole nitrogens is 1. The SMILES string of the molecule is O=C(C=Cc1ccn(S(=O)(=O)c2cccc(-c3cn[nH]c3)c2)c1)NO. The van der Waals surface area contributed by atoms with Gasteiger partial charge in [-0.05, 0) is 35.4 Å². The molecule has 0 bridgehead atoms. The Labute approximate surface area is 143 Å². The molecule has 0 aliphatic heterocycles. The van der Waals surface area contributed by atoms with E-state index in [1.54, 1.807) is 36.7 Å². The molecule has 3 N–H and O–H groups in total. The fourth-order valence-electron chi connectivity index (χ4n) is 2.22. The first-order chi connectivity index (χ1) is 12.0. The molecule has 0 spiro atoms. The highest BCUT2D eigenvalue weighted by molar-refractivity contribution is 7.90. The van der Waals surface area contributed by atoms with Gasteiger partial charge in [-0.15, -0.1) is 0 Å². The number of aromatic nitrogens is 3. The quantitative estimate of drug-likeness (QED) is 0.364. The zero-order valence-corrected chi connectivity index (χ0v) is 13.6. The van der Waals surface area contributed by atoms with Crippen LogP contribution in [0, 0.1) is 0 Å². The first-order valence-corrected chi connectivity index (χ1v) is 8.59. The topological polar surface area (TPSA) is 117 Å². The number of benzene rings is 1. The zero-order valence-electron chi connectivity index (χ0n) is 12.8. The van der Waals surface area contributed by atoms with Crippen LogP contribution in [0.1, 0.15) is 5.56 Å². The number of carbonyl (C=O) groups excluding carboxylic acids is 1. The van der Waals surface area contributed by atoms with Crippen LogP contribution < -0.4 is 5.48 Å². The molecule has 0 aliphatic carbocycles. The number of hydrogen-bond donors (Lipinski definition) is 3. The van der Waals surface area contributed by atoms with E-state index in [1.165, 1.54) is 30.0 Å². The highest BCUT2D eigenvalue weighted by Crippen LogP contribution is 2.23. The van der Waals surface area contributed by atoms with Gasteiger partial charge in [-0.25, -0.2) is 17.9 Å². The molecule has 0 radical (unpaired) electrons. The number of nitrogens with zero attached hydrogens (tertiary/aromatic N) is 2. The number of aromatic amines is 1. The third kappa shape index (κ3) is 3.52. The Balaban J connectivity index is 1.92. The summed E-state index contributed by atoms with van der Waals surface area (Å²) in [6, 6.07) is 8.06. The van der Waals surface area contributed by atoms with Crippen LogP contribution in [-0.2, 0) is 14.8 Å². The first-order valence-electron chi connectivity index (χ1n) is 7.15. The molecule has 0 fully saturated rings. The molecule has 128 valence electrons. The van der Waals surface area contributed by atoms with Gasteiger partial charge in [-0.1, -0.05) is 12.1 Å². The van der Waals surface area contributed by atoms with Crippen LogP contribution in [0.2, 0.25) is 0 Å². The molecule has 0 aliphatic rings. The number of rotatable bonds is 5. The molecule has 0 saturated carbocycles. The van der Waals surface area contributed by atoms with E-state index in [2.05, 4.69) is 10.2 Å². The molecular formula is C16H14N4O4S. The number of hydrogen-bond acceptors (Lipinski definition) is 5. The second kappa shape index (κ2) is 6.75. The zero-order chi connectivity index (χ0) is 17.9. The van der Waals surface area contributed by atoms with Crippen LogP contribution in [0.15, 0.2) is 66.1 Å². The molecule has 9 heteroatoms. The van der Waals surface area contributed by atoms with Crippen LogP contribution >= 0.6 is 0 Å². The number of carbonyl (C=O) groups is 1. The third-order valence-corrected chi connectivity index (χ3v) is 5.10. The minimum atomic E-state index is -3.77. The second-order valence-electron chi connectivity index (χ2n) is 5.10. The van der Waals surface area contributed by atoms with E-state index in [9.17, 15) is 13.2 Å².